The third-order valence-corrected chi connectivity index (χ3v) is 4.27. The fourth-order valence-electron chi connectivity index (χ4n) is 3.46. The Hall–Kier alpha value is -1.85. The lowest BCUT2D eigenvalue weighted by Gasteiger charge is -2.39. The Morgan fingerprint density at radius 3 is 2.48 bits per heavy atom. The Bertz CT molecular complexity index is 573. The number of ether oxygens (including phenoxy) is 2. The maximum atomic E-state index is 13.2. The highest BCUT2D eigenvalue weighted by atomic mass is 19.1. The highest BCUT2D eigenvalue weighted by Crippen LogP contribution is 2.38. The van der Waals surface area contributed by atoms with Crippen LogP contribution in [-0.4, -0.2) is 39.8 Å². The first-order chi connectivity index (χ1) is 10.8. The van der Waals surface area contributed by atoms with Crippen molar-refractivity contribution in [3.63, 3.8) is 0 Å². The van der Waals surface area contributed by atoms with E-state index in [0.717, 1.165) is 25.7 Å². The molecule has 0 aromatic carbocycles. The number of amides is 1. The summed E-state index contributed by atoms with van der Waals surface area (Å²) in [5.41, 5.74) is -0.491. The first-order valence-corrected chi connectivity index (χ1v) is 8.12. The number of nitrogens with zero attached hydrogens (tertiary/aromatic N) is 2. The van der Waals surface area contributed by atoms with E-state index in [4.69, 9.17) is 9.47 Å². The predicted molar refractivity (Wildman–Crippen MR) is 82.7 cm³/mol. The number of fused-ring (bicyclic) bond motifs is 2. The Balaban J connectivity index is 1.64. The summed E-state index contributed by atoms with van der Waals surface area (Å²) in [4.78, 5) is 18.0. The van der Waals surface area contributed by atoms with Gasteiger partial charge in [-0.2, -0.15) is 9.37 Å². The Morgan fingerprint density at radius 1 is 1.26 bits per heavy atom. The Labute approximate surface area is 135 Å². The molecule has 1 aromatic heterocycles. The zero-order chi connectivity index (χ0) is 16.6. The van der Waals surface area contributed by atoms with E-state index in [1.807, 2.05) is 25.7 Å². The normalized spacial score (nSPS) is 27.0. The third-order valence-electron chi connectivity index (χ3n) is 4.27. The number of pyridine rings is 1. The van der Waals surface area contributed by atoms with Gasteiger partial charge in [0.05, 0.1) is 0 Å². The average Bonchev–Trinajstić information content (AvgIpc) is 2.69. The van der Waals surface area contributed by atoms with Gasteiger partial charge in [-0.15, -0.1) is 0 Å². The zero-order valence-electron chi connectivity index (χ0n) is 13.8. The largest absolute Gasteiger partial charge is 0.474 e. The zero-order valence-corrected chi connectivity index (χ0v) is 13.8. The van der Waals surface area contributed by atoms with Crippen LogP contribution in [-0.2, 0) is 4.74 Å². The molecule has 2 fully saturated rings. The maximum absolute atomic E-state index is 13.2. The number of halogens is 1. The van der Waals surface area contributed by atoms with Crippen LogP contribution in [0.1, 0.15) is 46.5 Å². The molecule has 0 N–H and O–H groups in total. The molecule has 0 spiro atoms. The van der Waals surface area contributed by atoms with E-state index >= 15 is 0 Å². The summed E-state index contributed by atoms with van der Waals surface area (Å²) in [5.74, 6) is -0.239. The van der Waals surface area contributed by atoms with Crippen LogP contribution in [0.25, 0.3) is 0 Å². The molecule has 2 atom stereocenters. The Kier molecular flexibility index (Phi) is 4.17. The SMILES string of the molecule is CC(C)(C)OC(=O)N1[C@H]2CC[C@H]1CC(Oc1cccc(F)n1)C2. The lowest BCUT2D eigenvalue weighted by molar-refractivity contribution is -0.00766. The van der Waals surface area contributed by atoms with Crippen molar-refractivity contribution < 1.29 is 18.7 Å². The van der Waals surface area contributed by atoms with Gasteiger partial charge in [0.25, 0.3) is 0 Å². The smallest absolute Gasteiger partial charge is 0.410 e. The van der Waals surface area contributed by atoms with Gasteiger partial charge in [-0.3, -0.25) is 0 Å². The minimum Gasteiger partial charge on any atom is -0.474 e. The standard InChI is InChI=1S/C17H23FN2O3/c1-17(2,3)23-16(21)20-11-7-8-12(20)10-13(9-11)22-15-6-4-5-14(18)19-15/h4-6,11-13H,7-10H2,1-3H3/t11-,12-/m0/s1. The molecule has 2 saturated heterocycles. The van der Waals surface area contributed by atoms with Crippen LogP contribution < -0.4 is 4.74 Å². The summed E-state index contributed by atoms with van der Waals surface area (Å²) in [5, 5.41) is 0. The van der Waals surface area contributed by atoms with E-state index in [2.05, 4.69) is 4.98 Å². The van der Waals surface area contributed by atoms with Crippen LogP contribution in [0.15, 0.2) is 18.2 Å². The van der Waals surface area contributed by atoms with E-state index < -0.39 is 11.5 Å². The molecule has 0 unspecified atom stereocenters. The molecule has 0 saturated carbocycles. The summed E-state index contributed by atoms with van der Waals surface area (Å²) in [7, 11) is 0. The van der Waals surface area contributed by atoms with Gasteiger partial charge < -0.3 is 14.4 Å². The van der Waals surface area contributed by atoms with Crippen molar-refractivity contribution in [3.05, 3.63) is 24.1 Å². The van der Waals surface area contributed by atoms with E-state index in [9.17, 15) is 9.18 Å². The summed E-state index contributed by atoms with van der Waals surface area (Å²) in [6.07, 6.45) is 3.09. The molecule has 1 aromatic rings. The van der Waals surface area contributed by atoms with Gasteiger partial charge in [0.1, 0.15) is 11.7 Å². The summed E-state index contributed by atoms with van der Waals surface area (Å²) >= 11 is 0. The van der Waals surface area contributed by atoms with Gasteiger partial charge in [-0.05, 0) is 39.7 Å². The van der Waals surface area contributed by atoms with Crippen molar-refractivity contribution >= 4 is 6.09 Å². The summed E-state index contributed by atoms with van der Waals surface area (Å²) in [6, 6.07) is 4.79. The number of carbonyl (C=O) groups is 1. The average molecular weight is 322 g/mol. The van der Waals surface area contributed by atoms with Crippen LogP contribution >= 0.6 is 0 Å². The fourth-order valence-corrected chi connectivity index (χ4v) is 3.46. The van der Waals surface area contributed by atoms with Crippen LogP contribution in [0.3, 0.4) is 0 Å². The molecular weight excluding hydrogens is 299 g/mol. The van der Waals surface area contributed by atoms with E-state index in [1.54, 1.807) is 12.1 Å². The molecule has 1 amide bonds. The molecule has 5 nitrogen and oxygen atoms in total. The molecule has 0 aliphatic carbocycles. The second-order valence-electron chi connectivity index (χ2n) is 7.28. The highest BCUT2D eigenvalue weighted by molar-refractivity contribution is 5.69. The molecule has 2 aliphatic heterocycles. The first-order valence-electron chi connectivity index (χ1n) is 8.12. The van der Waals surface area contributed by atoms with Gasteiger partial charge in [-0.1, -0.05) is 6.07 Å². The molecular formula is C17H23FN2O3. The van der Waals surface area contributed by atoms with E-state index in [-0.39, 0.29) is 24.3 Å². The van der Waals surface area contributed by atoms with Gasteiger partial charge in [-0.25, -0.2) is 4.79 Å². The minimum atomic E-state index is -0.545. The van der Waals surface area contributed by atoms with Crippen LogP contribution in [0.5, 0.6) is 5.88 Å². The second-order valence-corrected chi connectivity index (χ2v) is 7.28. The van der Waals surface area contributed by atoms with Gasteiger partial charge in [0, 0.05) is 31.0 Å². The van der Waals surface area contributed by atoms with Crippen molar-refractivity contribution in [3.8, 4) is 5.88 Å². The van der Waals surface area contributed by atoms with Gasteiger partial charge >= 0.3 is 6.09 Å². The quantitative estimate of drug-likeness (QED) is 0.782. The number of hydrogen-bond donors (Lipinski definition) is 0. The second kappa shape index (κ2) is 5.98. The highest BCUT2D eigenvalue weighted by Gasteiger charge is 2.45. The molecule has 23 heavy (non-hydrogen) atoms. The number of rotatable bonds is 2. The lowest BCUT2D eigenvalue weighted by atomic mass is 10.0. The molecule has 0 radical (unpaired) electrons. The van der Waals surface area contributed by atoms with E-state index in [0.29, 0.717) is 5.88 Å². The number of carbonyl (C=O) groups excluding carboxylic acids is 1. The minimum absolute atomic E-state index is 0.0412. The maximum Gasteiger partial charge on any atom is 0.410 e. The first kappa shape index (κ1) is 16.0. The van der Waals surface area contributed by atoms with Gasteiger partial charge in [0.15, 0.2) is 0 Å². The topological polar surface area (TPSA) is 51.7 Å². The van der Waals surface area contributed by atoms with Gasteiger partial charge in [0.2, 0.25) is 11.8 Å². The monoisotopic (exact) mass is 322 g/mol. The van der Waals surface area contributed by atoms with Crippen molar-refractivity contribution in [2.24, 2.45) is 0 Å². The van der Waals surface area contributed by atoms with Crippen molar-refractivity contribution in [1.29, 1.82) is 0 Å². The van der Waals surface area contributed by atoms with Crippen molar-refractivity contribution in [2.45, 2.75) is 70.2 Å². The number of piperidine rings is 1. The molecule has 126 valence electrons. The van der Waals surface area contributed by atoms with Crippen molar-refractivity contribution in [1.82, 2.24) is 9.88 Å². The third kappa shape index (κ3) is 3.74. The fraction of sp³-hybridized carbons (Fsp3) is 0.647. The van der Waals surface area contributed by atoms with E-state index in [1.165, 1.54) is 6.07 Å². The van der Waals surface area contributed by atoms with Crippen LogP contribution in [0.2, 0.25) is 0 Å². The molecule has 6 heteroatoms. The lowest BCUT2D eigenvalue weighted by Crippen LogP contribution is -2.50. The van der Waals surface area contributed by atoms with Crippen LogP contribution in [0.4, 0.5) is 9.18 Å². The molecule has 3 rings (SSSR count). The van der Waals surface area contributed by atoms with Crippen LogP contribution in [0, 0.1) is 5.95 Å². The summed E-state index contributed by atoms with van der Waals surface area (Å²) < 4.78 is 24.5. The molecule has 2 aliphatic rings. The summed E-state index contributed by atoms with van der Waals surface area (Å²) in [6.45, 7) is 5.62. The molecule has 2 bridgehead atoms. The predicted octanol–water partition coefficient (Wildman–Crippen LogP) is 3.53. The van der Waals surface area contributed by atoms with Crippen molar-refractivity contribution in [2.75, 3.05) is 0 Å². The Morgan fingerprint density at radius 2 is 1.91 bits per heavy atom. The number of hydrogen-bond acceptors (Lipinski definition) is 4. The number of aromatic nitrogens is 1. The molecule has 3 heterocycles.